The third kappa shape index (κ3) is 1.93. The number of methoxy groups -OCH3 is 2. The standard InChI is InChI=1S/C22H26N2O4/c1-4-21-8-7-17(25)24-10-9-22(20(21)24)15-6-5-13(27-2)11-16(15)23-18(22)14(12-21)19(26)28-3/h5-6,11,20,23H,4,7-10,12H2,1-3H3/t20-,21-,22-/m0/s1. The number of amides is 1. The number of fused-ring (bicyclic) bond motifs is 1. The summed E-state index contributed by atoms with van der Waals surface area (Å²) in [6.07, 6.45) is 3.80. The molecule has 148 valence electrons. The van der Waals surface area contributed by atoms with Crippen molar-refractivity contribution in [3.05, 3.63) is 35.0 Å². The first-order chi connectivity index (χ1) is 13.5. The van der Waals surface area contributed by atoms with Gasteiger partial charge in [-0.3, -0.25) is 4.79 Å². The number of hydrogen-bond acceptors (Lipinski definition) is 5. The highest BCUT2D eigenvalue weighted by atomic mass is 16.5. The molecule has 0 saturated carbocycles. The molecule has 1 aromatic rings. The summed E-state index contributed by atoms with van der Waals surface area (Å²) in [7, 11) is 3.10. The molecule has 1 amide bonds. The molecule has 0 radical (unpaired) electrons. The molecule has 6 heteroatoms. The minimum absolute atomic E-state index is 0.0804. The Hall–Kier alpha value is -2.50. The maximum Gasteiger partial charge on any atom is 0.335 e. The van der Waals surface area contributed by atoms with Crippen LogP contribution >= 0.6 is 0 Å². The molecule has 6 nitrogen and oxygen atoms in total. The minimum Gasteiger partial charge on any atom is -0.497 e. The van der Waals surface area contributed by atoms with E-state index in [1.54, 1.807) is 7.11 Å². The molecular formula is C22H26N2O4. The van der Waals surface area contributed by atoms with Crippen molar-refractivity contribution in [1.29, 1.82) is 0 Å². The lowest BCUT2D eigenvalue weighted by molar-refractivity contribution is -0.144. The molecule has 4 aliphatic rings. The van der Waals surface area contributed by atoms with Crippen molar-refractivity contribution in [3.63, 3.8) is 0 Å². The van der Waals surface area contributed by atoms with Crippen molar-refractivity contribution in [2.45, 2.75) is 50.5 Å². The second kappa shape index (κ2) is 5.75. The summed E-state index contributed by atoms with van der Waals surface area (Å²) in [5.74, 6) is 0.759. The molecule has 28 heavy (non-hydrogen) atoms. The van der Waals surface area contributed by atoms with Crippen molar-refractivity contribution in [3.8, 4) is 5.75 Å². The maximum atomic E-state index is 12.8. The van der Waals surface area contributed by atoms with Crippen molar-refractivity contribution >= 4 is 17.6 Å². The fourth-order valence-corrected chi connectivity index (χ4v) is 6.42. The van der Waals surface area contributed by atoms with E-state index < -0.39 is 0 Å². The molecule has 5 rings (SSSR count). The fraction of sp³-hybridized carbons (Fsp3) is 0.545. The number of anilines is 1. The average molecular weight is 382 g/mol. The summed E-state index contributed by atoms with van der Waals surface area (Å²) in [5, 5.41) is 3.54. The van der Waals surface area contributed by atoms with Gasteiger partial charge in [-0.1, -0.05) is 13.0 Å². The summed E-state index contributed by atoms with van der Waals surface area (Å²) >= 11 is 0. The fourth-order valence-electron chi connectivity index (χ4n) is 6.42. The summed E-state index contributed by atoms with van der Waals surface area (Å²) < 4.78 is 10.6. The number of nitrogens with zero attached hydrogens (tertiary/aromatic N) is 1. The van der Waals surface area contributed by atoms with E-state index in [0.717, 1.165) is 48.5 Å². The van der Waals surface area contributed by atoms with Crippen LogP contribution in [-0.2, 0) is 19.7 Å². The van der Waals surface area contributed by atoms with E-state index in [9.17, 15) is 9.59 Å². The van der Waals surface area contributed by atoms with Gasteiger partial charge in [-0.05, 0) is 42.7 Å². The first-order valence-corrected chi connectivity index (χ1v) is 10.1. The Morgan fingerprint density at radius 2 is 2.14 bits per heavy atom. The van der Waals surface area contributed by atoms with Crippen LogP contribution in [0.3, 0.4) is 0 Å². The Labute approximate surface area is 164 Å². The quantitative estimate of drug-likeness (QED) is 0.814. The van der Waals surface area contributed by atoms with Gasteiger partial charge in [-0.2, -0.15) is 0 Å². The highest BCUT2D eigenvalue weighted by Crippen LogP contribution is 2.65. The molecule has 3 heterocycles. The number of nitrogens with one attached hydrogen (secondary N) is 1. The zero-order valence-corrected chi connectivity index (χ0v) is 16.6. The zero-order chi connectivity index (χ0) is 19.7. The molecule has 2 fully saturated rings. The van der Waals surface area contributed by atoms with Gasteiger partial charge in [0.1, 0.15) is 5.75 Å². The van der Waals surface area contributed by atoms with E-state index in [2.05, 4.69) is 23.2 Å². The third-order valence-electron chi connectivity index (χ3n) is 7.64. The molecule has 0 aromatic heterocycles. The molecular weight excluding hydrogens is 356 g/mol. The molecule has 1 N–H and O–H groups in total. The number of rotatable bonds is 3. The molecule has 1 aliphatic carbocycles. The monoisotopic (exact) mass is 382 g/mol. The Balaban J connectivity index is 1.80. The molecule has 1 aromatic carbocycles. The molecule has 0 unspecified atom stereocenters. The van der Waals surface area contributed by atoms with Crippen LogP contribution in [0.5, 0.6) is 5.75 Å². The smallest absolute Gasteiger partial charge is 0.335 e. The average Bonchev–Trinajstić information content (AvgIpc) is 3.29. The van der Waals surface area contributed by atoms with Gasteiger partial charge in [0.25, 0.3) is 0 Å². The predicted octanol–water partition coefficient (Wildman–Crippen LogP) is 2.98. The van der Waals surface area contributed by atoms with Crippen LogP contribution in [0.25, 0.3) is 0 Å². The van der Waals surface area contributed by atoms with Crippen molar-refractivity contribution in [1.82, 2.24) is 4.90 Å². The number of piperidine rings is 1. The summed E-state index contributed by atoms with van der Waals surface area (Å²) in [6.45, 7) is 2.92. The van der Waals surface area contributed by atoms with Gasteiger partial charge in [-0.15, -0.1) is 0 Å². The summed E-state index contributed by atoms with van der Waals surface area (Å²) in [6, 6.07) is 6.16. The van der Waals surface area contributed by atoms with Gasteiger partial charge < -0.3 is 19.7 Å². The van der Waals surface area contributed by atoms with Crippen LogP contribution in [0.15, 0.2) is 29.5 Å². The molecule has 1 spiro atoms. The van der Waals surface area contributed by atoms with E-state index in [1.807, 2.05) is 12.1 Å². The zero-order valence-electron chi connectivity index (χ0n) is 16.6. The Morgan fingerprint density at radius 1 is 1.32 bits per heavy atom. The number of esters is 1. The van der Waals surface area contributed by atoms with E-state index in [4.69, 9.17) is 9.47 Å². The maximum absolute atomic E-state index is 12.8. The predicted molar refractivity (Wildman–Crippen MR) is 104 cm³/mol. The highest BCUT2D eigenvalue weighted by Gasteiger charge is 2.67. The highest BCUT2D eigenvalue weighted by molar-refractivity contribution is 5.94. The van der Waals surface area contributed by atoms with Gasteiger partial charge in [-0.25, -0.2) is 4.79 Å². The largest absolute Gasteiger partial charge is 0.497 e. The van der Waals surface area contributed by atoms with Crippen LogP contribution in [0, 0.1) is 5.41 Å². The number of carbonyl (C=O) groups excluding carboxylic acids is 2. The number of benzene rings is 1. The summed E-state index contributed by atoms with van der Waals surface area (Å²) in [4.78, 5) is 27.7. The van der Waals surface area contributed by atoms with Crippen LogP contribution in [0.2, 0.25) is 0 Å². The lowest BCUT2D eigenvalue weighted by Gasteiger charge is -2.55. The molecule has 3 atom stereocenters. The van der Waals surface area contributed by atoms with Crippen molar-refractivity contribution < 1.29 is 19.1 Å². The van der Waals surface area contributed by atoms with Crippen LogP contribution < -0.4 is 10.1 Å². The first-order valence-electron chi connectivity index (χ1n) is 10.1. The van der Waals surface area contributed by atoms with Crippen LogP contribution in [0.4, 0.5) is 5.69 Å². The second-order valence-electron chi connectivity index (χ2n) is 8.49. The topological polar surface area (TPSA) is 67.9 Å². The SMILES string of the molecule is CC[C@]12CCC(=O)N3CC[C@]4(C(=C(C(=O)OC)C1)Nc1cc(OC)ccc14)[C@@H]32. The second-order valence-corrected chi connectivity index (χ2v) is 8.49. The van der Waals surface area contributed by atoms with E-state index in [-0.39, 0.29) is 28.7 Å². The van der Waals surface area contributed by atoms with E-state index in [1.165, 1.54) is 12.7 Å². The molecule has 0 bridgehead atoms. The summed E-state index contributed by atoms with van der Waals surface area (Å²) in [5.41, 5.74) is 3.36. The van der Waals surface area contributed by atoms with Crippen LogP contribution in [-0.4, -0.2) is 43.6 Å². The van der Waals surface area contributed by atoms with Crippen molar-refractivity contribution in [2.75, 3.05) is 26.1 Å². The Morgan fingerprint density at radius 3 is 2.86 bits per heavy atom. The van der Waals surface area contributed by atoms with Gasteiger partial charge in [0.15, 0.2) is 0 Å². The first kappa shape index (κ1) is 17.6. The van der Waals surface area contributed by atoms with Gasteiger partial charge >= 0.3 is 5.97 Å². The molecule has 2 saturated heterocycles. The number of hydrogen-bond donors (Lipinski definition) is 1. The number of ether oxygens (including phenoxy) is 2. The lowest BCUT2D eigenvalue weighted by Crippen LogP contribution is -2.61. The lowest BCUT2D eigenvalue weighted by atomic mass is 9.53. The minimum atomic E-state index is -0.366. The van der Waals surface area contributed by atoms with E-state index in [0.29, 0.717) is 12.8 Å². The van der Waals surface area contributed by atoms with Crippen LogP contribution in [0.1, 0.15) is 44.6 Å². The number of carbonyl (C=O) groups is 2. The molecule has 3 aliphatic heterocycles. The van der Waals surface area contributed by atoms with Gasteiger partial charge in [0, 0.05) is 30.4 Å². The Bertz CT molecular complexity index is 923. The van der Waals surface area contributed by atoms with E-state index >= 15 is 0 Å². The Kier molecular flexibility index (Phi) is 3.61. The van der Waals surface area contributed by atoms with Crippen molar-refractivity contribution in [2.24, 2.45) is 5.41 Å². The van der Waals surface area contributed by atoms with Gasteiger partial charge in [0.05, 0.1) is 31.2 Å². The normalized spacial score (nSPS) is 32.5. The van der Waals surface area contributed by atoms with Gasteiger partial charge in [0.2, 0.25) is 5.91 Å². The third-order valence-corrected chi connectivity index (χ3v) is 7.64.